The maximum atomic E-state index is 13.6. The number of amides is 1. The lowest BCUT2D eigenvalue weighted by atomic mass is 9.94. The lowest BCUT2D eigenvalue weighted by Gasteiger charge is -2.23. The van der Waals surface area contributed by atoms with Crippen molar-refractivity contribution in [2.75, 3.05) is 13.1 Å². The third-order valence-electron chi connectivity index (χ3n) is 6.61. The summed E-state index contributed by atoms with van der Waals surface area (Å²) in [5.74, 6) is -5.10. The Morgan fingerprint density at radius 3 is 1.93 bits per heavy atom. The van der Waals surface area contributed by atoms with Gasteiger partial charge >= 0.3 is 24.3 Å². The number of benzene rings is 2. The predicted octanol–water partition coefficient (Wildman–Crippen LogP) is 5.19. The Hall–Kier alpha value is -4.53. The minimum atomic E-state index is -5.08. The molecule has 3 aromatic rings. The molecule has 1 aliphatic heterocycles. The molecule has 1 saturated heterocycles. The molecule has 0 bridgehead atoms. The molecule has 0 spiro atoms. The van der Waals surface area contributed by atoms with Gasteiger partial charge in [0.1, 0.15) is 5.82 Å². The molecule has 15 heteroatoms. The number of rotatable bonds is 4. The van der Waals surface area contributed by atoms with E-state index in [9.17, 15) is 35.5 Å². The van der Waals surface area contributed by atoms with E-state index < -0.39 is 24.3 Å². The van der Waals surface area contributed by atoms with Crippen molar-refractivity contribution < 1.29 is 55.3 Å². The molecule has 8 nitrogen and oxygen atoms in total. The fraction of sp³-hybridized carbons (Fsp3) is 0.286. The fourth-order valence-electron chi connectivity index (χ4n) is 4.88. The van der Waals surface area contributed by atoms with E-state index in [-0.39, 0.29) is 17.8 Å². The average Bonchev–Trinajstić information content (AvgIpc) is 3.46. The number of carbonyl (C=O) groups is 3. The van der Waals surface area contributed by atoms with E-state index in [2.05, 4.69) is 33.4 Å². The SMILES string of the molecule is O=C(N[C@@H]1c2ccccc2[C@@H]2CN(Cc3cccc(F)c3)C[C@H]12)c1ccncc1.O=C(O)C(F)(F)F.O=C(O)C(F)(F)F. The number of alkyl halides is 6. The van der Waals surface area contributed by atoms with Crippen molar-refractivity contribution in [2.45, 2.75) is 30.9 Å². The Morgan fingerprint density at radius 1 is 0.837 bits per heavy atom. The van der Waals surface area contributed by atoms with E-state index in [1.54, 1.807) is 36.7 Å². The van der Waals surface area contributed by atoms with Crippen LogP contribution in [0.1, 0.15) is 39.0 Å². The molecule has 3 atom stereocenters. The number of carboxylic acids is 2. The van der Waals surface area contributed by atoms with Crippen molar-refractivity contribution >= 4 is 17.8 Å². The second-order valence-corrected chi connectivity index (χ2v) is 9.52. The van der Waals surface area contributed by atoms with Crippen molar-refractivity contribution in [1.29, 1.82) is 0 Å². The molecule has 5 rings (SSSR count). The van der Waals surface area contributed by atoms with Crippen LogP contribution in [-0.2, 0) is 16.1 Å². The third kappa shape index (κ3) is 8.98. The highest BCUT2D eigenvalue weighted by Crippen LogP contribution is 2.49. The molecule has 2 heterocycles. The van der Waals surface area contributed by atoms with Crippen LogP contribution < -0.4 is 5.32 Å². The Morgan fingerprint density at radius 2 is 1.40 bits per heavy atom. The summed E-state index contributed by atoms with van der Waals surface area (Å²) in [6.07, 6.45) is -6.90. The molecule has 3 N–H and O–H groups in total. The zero-order valence-corrected chi connectivity index (χ0v) is 21.9. The van der Waals surface area contributed by atoms with Crippen molar-refractivity contribution in [3.05, 3.63) is 101 Å². The Bertz CT molecular complexity index is 1410. The van der Waals surface area contributed by atoms with Gasteiger partial charge in [-0.2, -0.15) is 26.3 Å². The number of fused-ring (bicyclic) bond motifs is 3. The molecule has 1 amide bonds. The van der Waals surface area contributed by atoms with Gasteiger partial charge in [-0.05, 0) is 41.0 Å². The van der Waals surface area contributed by atoms with Gasteiger partial charge in [0.05, 0.1) is 6.04 Å². The zero-order chi connectivity index (χ0) is 31.9. The van der Waals surface area contributed by atoms with E-state index in [0.717, 1.165) is 25.2 Å². The highest BCUT2D eigenvalue weighted by atomic mass is 19.4. The summed E-state index contributed by atoms with van der Waals surface area (Å²) in [7, 11) is 0. The topological polar surface area (TPSA) is 120 Å². The number of likely N-dealkylation sites (tertiary alicyclic amines) is 1. The van der Waals surface area contributed by atoms with E-state index in [0.29, 0.717) is 17.4 Å². The second-order valence-electron chi connectivity index (χ2n) is 9.52. The number of aliphatic carboxylic acids is 2. The van der Waals surface area contributed by atoms with Crippen molar-refractivity contribution in [3.8, 4) is 0 Å². The van der Waals surface area contributed by atoms with Crippen LogP contribution in [0.2, 0.25) is 0 Å². The zero-order valence-electron chi connectivity index (χ0n) is 21.9. The Kier molecular flexibility index (Phi) is 10.5. The van der Waals surface area contributed by atoms with Gasteiger partial charge < -0.3 is 15.5 Å². The van der Waals surface area contributed by atoms with Gasteiger partial charge in [-0.1, -0.05) is 36.4 Å². The smallest absolute Gasteiger partial charge is 0.475 e. The number of halogens is 7. The van der Waals surface area contributed by atoms with Gasteiger partial charge in [0.15, 0.2) is 0 Å². The van der Waals surface area contributed by atoms with E-state index in [1.165, 1.54) is 17.2 Å². The van der Waals surface area contributed by atoms with Crippen LogP contribution in [0.3, 0.4) is 0 Å². The molecule has 1 fully saturated rings. The maximum Gasteiger partial charge on any atom is 0.490 e. The lowest BCUT2D eigenvalue weighted by Crippen LogP contribution is -2.33. The van der Waals surface area contributed by atoms with E-state index in [1.807, 2.05) is 12.1 Å². The molecule has 1 aromatic heterocycles. The Labute approximate surface area is 239 Å². The number of nitrogens with zero attached hydrogens (tertiary/aromatic N) is 2. The summed E-state index contributed by atoms with van der Waals surface area (Å²) in [5.41, 5.74) is 4.14. The van der Waals surface area contributed by atoms with Crippen molar-refractivity contribution in [3.63, 3.8) is 0 Å². The number of carboxylic acid groups (broad SMARTS) is 2. The molecular weight excluding hydrogens is 591 g/mol. The van der Waals surface area contributed by atoms with Crippen molar-refractivity contribution in [1.82, 2.24) is 15.2 Å². The number of hydrogen-bond acceptors (Lipinski definition) is 5. The summed E-state index contributed by atoms with van der Waals surface area (Å²) >= 11 is 0. The molecule has 230 valence electrons. The normalized spacial score (nSPS) is 19.1. The number of pyridine rings is 1. The summed E-state index contributed by atoms with van der Waals surface area (Å²) in [6, 6.07) is 18.7. The number of carbonyl (C=O) groups excluding carboxylic acids is 1. The molecular formula is C28H24F7N3O5. The summed E-state index contributed by atoms with van der Waals surface area (Å²) in [4.78, 5) is 37.0. The van der Waals surface area contributed by atoms with Crippen LogP contribution in [0.25, 0.3) is 0 Å². The van der Waals surface area contributed by atoms with Gasteiger partial charge in [-0.25, -0.2) is 14.0 Å². The molecule has 0 saturated carbocycles. The van der Waals surface area contributed by atoms with Gasteiger partial charge in [0, 0.05) is 49.4 Å². The first-order valence-electron chi connectivity index (χ1n) is 12.4. The van der Waals surface area contributed by atoms with Crippen LogP contribution in [0.5, 0.6) is 0 Å². The first-order valence-corrected chi connectivity index (χ1v) is 12.4. The minimum Gasteiger partial charge on any atom is -0.475 e. The monoisotopic (exact) mass is 615 g/mol. The molecule has 0 radical (unpaired) electrons. The standard InChI is InChI=1S/C24H22FN3O.2C2HF3O2/c25-18-5-3-4-16(12-18)13-28-14-21-19-6-1-2-7-20(19)23(22(21)15-28)27-24(29)17-8-10-26-11-9-17;2*3-2(4,5)1(6)7/h1-12,21-23H,13-15H2,(H,27,29);2*(H,6,7)/t21-,22-,23+;;/m0../s1. The largest absolute Gasteiger partial charge is 0.490 e. The molecule has 2 aromatic carbocycles. The first-order chi connectivity index (χ1) is 20.1. The van der Waals surface area contributed by atoms with Crippen LogP contribution in [0.15, 0.2) is 73.1 Å². The van der Waals surface area contributed by atoms with Gasteiger partial charge in [-0.3, -0.25) is 14.7 Å². The summed E-state index contributed by atoms with van der Waals surface area (Å²) in [6.45, 7) is 2.51. The molecule has 0 unspecified atom stereocenters. The summed E-state index contributed by atoms with van der Waals surface area (Å²) < 4.78 is 77.0. The maximum absolute atomic E-state index is 13.6. The van der Waals surface area contributed by atoms with Crippen LogP contribution in [-0.4, -0.2) is 63.4 Å². The number of hydrogen-bond donors (Lipinski definition) is 3. The predicted molar refractivity (Wildman–Crippen MR) is 136 cm³/mol. The number of nitrogens with one attached hydrogen (secondary N) is 1. The highest BCUT2D eigenvalue weighted by Gasteiger charge is 2.46. The van der Waals surface area contributed by atoms with E-state index >= 15 is 0 Å². The quantitative estimate of drug-likeness (QED) is 0.346. The Balaban J connectivity index is 0.000000303. The third-order valence-corrected chi connectivity index (χ3v) is 6.61. The van der Waals surface area contributed by atoms with Crippen LogP contribution in [0.4, 0.5) is 30.7 Å². The summed E-state index contributed by atoms with van der Waals surface area (Å²) in [5, 5.41) is 17.5. The molecule has 2 aliphatic rings. The van der Waals surface area contributed by atoms with Gasteiger partial charge in [0.2, 0.25) is 0 Å². The van der Waals surface area contributed by atoms with Gasteiger partial charge in [0.25, 0.3) is 5.91 Å². The molecule has 1 aliphatic carbocycles. The average molecular weight is 616 g/mol. The number of aromatic nitrogens is 1. The second kappa shape index (κ2) is 13.6. The van der Waals surface area contributed by atoms with Crippen LogP contribution in [0, 0.1) is 11.7 Å². The lowest BCUT2D eigenvalue weighted by molar-refractivity contribution is -0.193. The van der Waals surface area contributed by atoms with Crippen LogP contribution >= 0.6 is 0 Å². The highest BCUT2D eigenvalue weighted by molar-refractivity contribution is 5.94. The first kappa shape index (κ1) is 33.0. The van der Waals surface area contributed by atoms with Gasteiger partial charge in [-0.15, -0.1) is 0 Å². The van der Waals surface area contributed by atoms with Crippen molar-refractivity contribution in [2.24, 2.45) is 5.92 Å². The van der Waals surface area contributed by atoms with E-state index in [4.69, 9.17) is 19.8 Å². The fourth-order valence-corrected chi connectivity index (χ4v) is 4.88. The minimum absolute atomic E-state index is 0.0191. The molecule has 43 heavy (non-hydrogen) atoms.